The van der Waals surface area contributed by atoms with Crippen molar-refractivity contribution in [1.29, 1.82) is 0 Å². The maximum atomic E-state index is 5.00. The number of thioether (sulfide) groups is 1. The zero-order valence-electron chi connectivity index (χ0n) is 17.6. The number of hydrogen-bond acceptors (Lipinski definition) is 9. The summed E-state index contributed by atoms with van der Waals surface area (Å²) in [4.78, 5) is 23.7. The first-order chi connectivity index (χ1) is 15.4. The van der Waals surface area contributed by atoms with E-state index >= 15 is 0 Å². The summed E-state index contributed by atoms with van der Waals surface area (Å²) in [7, 11) is 0. The van der Waals surface area contributed by atoms with Gasteiger partial charge in [-0.05, 0) is 12.0 Å². The largest absolute Gasteiger partial charge is 0.368 e. The highest BCUT2D eigenvalue weighted by Crippen LogP contribution is 2.30. The second-order valence-electron chi connectivity index (χ2n) is 7.77. The Balaban J connectivity index is 1.48. The number of nitrogens with one attached hydrogen (secondary N) is 2. The van der Waals surface area contributed by atoms with Gasteiger partial charge in [0, 0.05) is 57.3 Å². The SMILES string of the molecule is c1ccc(CCNc2ncnc3c(N4CCSCC4)nc(N4CCNCC4)nc23)cc1. The Hall–Kier alpha value is -2.65. The van der Waals surface area contributed by atoms with Gasteiger partial charge in [-0.2, -0.15) is 16.7 Å². The van der Waals surface area contributed by atoms with Gasteiger partial charge in [0.25, 0.3) is 0 Å². The quantitative estimate of drug-likeness (QED) is 0.603. The molecule has 2 aromatic heterocycles. The molecule has 0 saturated carbocycles. The number of nitrogens with zero attached hydrogens (tertiary/aromatic N) is 6. The lowest BCUT2D eigenvalue weighted by atomic mass is 10.1. The molecule has 3 aromatic rings. The minimum absolute atomic E-state index is 0.781. The van der Waals surface area contributed by atoms with Gasteiger partial charge in [-0.1, -0.05) is 30.3 Å². The number of fused-ring (bicyclic) bond motifs is 1. The lowest BCUT2D eigenvalue weighted by Gasteiger charge is -2.31. The zero-order valence-corrected chi connectivity index (χ0v) is 18.4. The molecule has 2 N–H and O–H groups in total. The van der Waals surface area contributed by atoms with Crippen LogP contribution in [0.4, 0.5) is 17.6 Å². The number of piperazine rings is 1. The van der Waals surface area contributed by atoms with Gasteiger partial charge in [0.15, 0.2) is 11.6 Å². The van der Waals surface area contributed by atoms with Crippen molar-refractivity contribution in [3.63, 3.8) is 0 Å². The van der Waals surface area contributed by atoms with Crippen molar-refractivity contribution in [2.24, 2.45) is 0 Å². The molecule has 2 aliphatic rings. The second kappa shape index (κ2) is 9.65. The van der Waals surface area contributed by atoms with Crippen LogP contribution in [0.1, 0.15) is 5.56 Å². The van der Waals surface area contributed by atoms with E-state index in [0.29, 0.717) is 0 Å². The molecule has 162 valence electrons. The van der Waals surface area contributed by atoms with Crippen LogP contribution in [0.15, 0.2) is 36.7 Å². The highest BCUT2D eigenvalue weighted by molar-refractivity contribution is 7.99. The molecule has 0 bridgehead atoms. The summed E-state index contributed by atoms with van der Waals surface area (Å²) in [6.07, 6.45) is 2.56. The normalized spacial score (nSPS) is 17.2. The molecule has 2 saturated heterocycles. The first kappa shape index (κ1) is 20.3. The van der Waals surface area contributed by atoms with Gasteiger partial charge in [-0.3, -0.25) is 0 Å². The fourth-order valence-electron chi connectivity index (χ4n) is 4.02. The molecule has 2 fully saturated rings. The standard InChI is InChI=1S/C22H28N8S/c1-2-4-17(5-3-1)6-7-24-20-18-19(25-16-26-20)21(29-12-14-31-15-13-29)28-22(27-18)30-10-8-23-9-11-30/h1-5,16,23H,6-15H2,(H,24,25,26). The lowest BCUT2D eigenvalue weighted by Crippen LogP contribution is -2.44. The third-order valence-corrected chi connectivity index (χ3v) is 6.65. The molecule has 0 atom stereocenters. The van der Waals surface area contributed by atoms with Crippen LogP contribution >= 0.6 is 11.8 Å². The first-order valence-electron chi connectivity index (χ1n) is 11.0. The molecule has 4 heterocycles. The maximum Gasteiger partial charge on any atom is 0.228 e. The van der Waals surface area contributed by atoms with Crippen LogP contribution in [-0.4, -0.2) is 77.3 Å². The highest BCUT2D eigenvalue weighted by atomic mass is 32.2. The van der Waals surface area contributed by atoms with Gasteiger partial charge in [0.2, 0.25) is 5.95 Å². The van der Waals surface area contributed by atoms with Gasteiger partial charge in [-0.15, -0.1) is 0 Å². The van der Waals surface area contributed by atoms with Gasteiger partial charge in [0.1, 0.15) is 17.4 Å². The fraction of sp³-hybridized carbons (Fsp3) is 0.455. The lowest BCUT2D eigenvalue weighted by molar-refractivity contribution is 0.580. The molecule has 8 nitrogen and oxygen atoms in total. The minimum Gasteiger partial charge on any atom is -0.368 e. The van der Waals surface area contributed by atoms with Crippen molar-refractivity contribution in [2.75, 3.05) is 72.4 Å². The molecule has 9 heteroatoms. The first-order valence-corrected chi connectivity index (χ1v) is 12.1. The molecule has 31 heavy (non-hydrogen) atoms. The molecular formula is C22H28N8S. The molecule has 0 aliphatic carbocycles. The average molecular weight is 437 g/mol. The predicted molar refractivity (Wildman–Crippen MR) is 128 cm³/mol. The molecular weight excluding hydrogens is 408 g/mol. The third-order valence-electron chi connectivity index (χ3n) is 5.71. The van der Waals surface area contributed by atoms with Crippen LogP contribution in [-0.2, 0) is 6.42 Å². The Labute approximate surface area is 186 Å². The number of rotatable bonds is 6. The summed E-state index contributed by atoms with van der Waals surface area (Å²) in [5.74, 6) is 4.73. The Morgan fingerprint density at radius 3 is 2.52 bits per heavy atom. The highest BCUT2D eigenvalue weighted by Gasteiger charge is 2.23. The number of hydrogen-bond donors (Lipinski definition) is 2. The van der Waals surface area contributed by atoms with Crippen molar-refractivity contribution < 1.29 is 0 Å². The summed E-state index contributed by atoms with van der Waals surface area (Å²) in [6, 6.07) is 10.5. The minimum atomic E-state index is 0.781. The fourth-order valence-corrected chi connectivity index (χ4v) is 4.93. The summed E-state index contributed by atoms with van der Waals surface area (Å²) in [5.41, 5.74) is 2.95. The zero-order chi connectivity index (χ0) is 20.9. The maximum absolute atomic E-state index is 5.00. The van der Waals surface area contributed by atoms with Crippen LogP contribution in [0.2, 0.25) is 0 Å². The molecule has 5 rings (SSSR count). The Bertz CT molecular complexity index is 1000. The van der Waals surface area contributed by atoms with Crippen LogP contribution in [0.25, 0.3) is 11.0 Å². The predicted octanol–water partition coefficient (Wildman–Crippen LogP) is 2.04. The number of aromatic nitrogens is 4. The van der Waals surface area contributed by atoms with E-state index in [1.54, 1.807) is 6.33 Å². The monoisotopic (exact) mass is 436 g/mol. The molecule has 1 aromatic carbocycles. The van der Waals surface area contributed by atoms with E-state index in [4.69, 9.17) is 9.97 Å². The number of anilines is 3. The van der Waals surface area contributed by atoms with E-state index in [0.717, 1.165) is 92.4 Å². The van der Waals surface area contributed by atoms with Crippen molar-refractivity contribution >= 4 is 40.4 Å². The van der Waals surface area contributed by atoms with E-state index < -0.39 is 0 Å². The average Bonchev–Trinajstić information content (AvgIpc) is 2.85. The van der Waals surface area contributed by atoms with E-state index in [-0.39, 0.29) is 0 Å². The second-order valence-corrected chi connectivity index (χ2v) is 8.99. The van der Waals surface area contributed by atoms with E-state index in [9.17, 15) is 0 Å². The third kappa shape index (κ3) is 4.67. The van der Waals surface area contributed by atoms with Crippen LogP contribution in [0.5, 0.6) is 0 Å². The Kier molecular flexibility index (Phi) is 6.31. The molecule has 0 amide bonds. The topological polar surface area (TPSA) is 82.1 Å². The van der Waals surface area contributed by atoms with E-state index in [2.05, 4.69) is 54.7 Å². The summed E-state index contributed by atoms with van der Waals surface area (Å²) >= 11 is 1.99. The molecule has 0 unspecified atom stereocenters. The van der Waals surface area contributed by atoms with Crippen LogP contribution < -0.4 is 20.4 Å². The Morgan fingerprint density at radius 2 is 1.71 bits per heavy atom. The van der Waals surface area contributed by atoms with Gasteiger partial charge in [0.05, 0.1) is 0 Å². The van der Waals surface area contributed by atoms with Gasteiger partial charge >= 0.3 is 0 Å². The summed E-state index contributed by atoms with van der Waals surface area (Å²) < 4.78 is 0. The van der Waals surface area contributed by atoms with Crippen LogP contribution in [0.3, 0.4) is 0 Å². The van der Waals surface area contributed by atoms with Crippen molar-refractivity contribution in [2.45, 2.75) is 6.42 Å². The van der Waals surface area contributed by atoms with Crippen molar-refractivity contribution in [1.82, 2.24) is 25.3 Å². The summed E-state index contributed by atoms with van der Waals surface area (Å²) in [5, 5.41) is 6.91. The van der Waals surface area contributed by atoms with Crippen molar-refractivity contribution in [3.05, 3.63) is 42.2 Å². The Morgan fingerprint density at radius 1 is 0.903 bits per heavy atom. The molecule has 0 radical (unpaired) electrons. The van der Waals surface area contributed by atoms with E-state index in [1.807, 2.05) is 17.8 Å². The number of benzene rings is 1. The molecule has 2 aliphatic heterocycles. The van der Waals surface area contributed by atoms with Gasteiger partial charge < -0.3 is 20.4 Å². The summed E-state index contributed by atoms with van der Waals surface area (Å²) in [6.45, 7) is 6.47. The van der Waals surface area contributed by atoms with Crippen LogP contribution in [0, 0.1) is 0 Å². The smallest absolute Gasteiger partial charge is 0.228 e. The van der Waals surface area contributed by atoms with Gasteiger partial charge in [-0.25, -0.2) is 15.0 Å². The van der Waals surface area contributed by atoms with Crippen molar-refractivity contribution in [3.8, 4) is 0 Å². The molecule has 0 spiro atoms. The van der Waals surface area contributed by atoms with E-state index in [1.165, 1.54) is 5.56 Å².